The summed E-state index contributed by atoms with van der Waals surface area (Å²) >= 11 is 3.29. The summed E-state index contributed by atoms with van der Waals surface area (Å²) in [5, 5.41) is 9.05. The fraction of sp³-hybridized carbons (Fsp3) is 0.150. The summed E-state index contributed by atoms with van der Waals surface area (Å²) < 4.78 is 45.9. The maximum Gasteiger partial charge on any atom is 0.416 e. The molecule has 0 radical (unpaired) electrons. The van der Waals surface area contributed by atoms with Crippen LogP contribution >= 0.6 is 15.9 Å². The number of hydrogen-bond acceptors (Lipinski definition) is 4. The van der Waals surface area contributed by atoms with Gasteiger partial charge in [0.15, 0.2) is 11.4 Å². The summed E-state index contributed by atoms with van der Waals surface area (Å²) in [6.07, 6.45) is -3.23. The summed E-state index contributed by atoms with van der Waals surface area (Å²) in [7, 11) is 1.30. The highest BCUT2D eigenvalue weighted by Gasteiger charge is 2.30. The van der Waals surface area contributed by atoms with Crippen LogP contribution in [0.25, 0.3) is 5.69 Å². The molecule has 0 atom stereocenters. The van der Waals surface area contributed by atoms with Crippen LogP contribution < -0.4 is 15.4 Å². The lowest BCUT2D eigenvalue weighted by Gasteiger charge is -2.08. The van der Waals surface area contributed by atoms with E-state index in [0.29, 0.717) is 5.69 Å². The Morgan fingerprint density at radius 1 is 1.16 bits per heavy atom. The molecule has 1 aromatic heterocycles. The molecule has 0 aliphatic heterocycles. The number of hydrogen-bond donors (Lipinski definition) is 2. The number of halogens is 4. The van der Waals surface area contributed by atoms with Crippen LogP contribution in [0, 0.1) is 0 Å². The molecule has 0 aliphatic rings. The van der Waals surface area contributed by atoms with Crippen molar-refractivity contribution < 1.29 is 27.5 Å². The predicted molar refractivity (Wildman–Crippen MR) is 110 cm³/mol. The van der Waals surface area contributed by atoms with Gasteiger partial charge >= 0.3 is 6.18 Å². The second-order valence-corrected chi connectivity index (χ2v) is 7.19. The molecule has 31 heavy (non-hydrogen) atoms. The van der Waals surface area contributed by atoms with Crippen LogP contribution in [-0.2, 0) is 11.0 Å². The van der Waals surface area contributed by atoms with E-state index in [9.17, 15) is 22.8 Å². The van der Waals surface area contributed by atoms with Crippen molar-refractivity contribution in [2.75, 3.05) is 19.0 Å². The third-order valence-electron chi connectivity index (χ3n) is 4.09. The molecule has 2 N–H and O–H groups in total. The molecule has 0 aliphatic carbocycles. The molecule has 1 heterocycles. The lowest BCUT2D eigenvalue weighted by atomic mass is 10.2. The van der Waals surface area contributed by atoms with Crippen molar-refractivity contribution in [3.63, 3.8) is 0 Å². The number of nitrogens with one attached hydrogen (secondary N) is 2. The number of alkyl halides is 3. The summed E-state index contributed by atoms with van der Waals surface area (Å²) in [6.45, 7) is -0.339. The zero-order chi connectivity index (χ0) is 22.6. The van der Waals surface area contributed by atoms with Crippen LogP contribution in [0.15, 0.2) is 59.2 Å². The average molecular weight is 497 g/mol. The van der Waals surface area contributed by atoms with E-state index in [1.54, 1.807) is 24.3 Å². The van der Waals surface area contributed by atoms with Crippen LogP contribution in [0.2, 0.25) is 0 Å². The van der Waals surface area contributed by atoms with Gasteiger partial charge in [0.25, 0.3) is 5.91 Å². The van der Waals surface area contributed by atoms with Crippen LogP contribution in [0.3, 0.4) is 0 Å². The molecule has 0 unspecified atom stereocenters. The van der Waals surface area contributed by atoms with E-state index < -0.39 is 23.6 Å². The first-order chi connectivity index (χ1) is 14.7. The number of aromatic nitrogens is 2. The first kappa shape index (κ1) is 22.3. The van der Waals surface area contributed by atoms with Gasteiger partial charge in [0.05, 0.1) is 31.1 Å². The van der Waals surface area contributed by atoms with Gasteiger partial charge in [-0.2, -0.15) is 18.3 Å². The van der Waals surface area contributed by atoms with Crippen molar-refractivity contribution in [3.8, 4) is 11.4 Å². The van der Waals surface area contributed by atoms with Crippen molar-refractivity contribution in [3.05, 3.63) is 70.5 Å². The number of methoxy groups -OCH3 is 1. The van der Waals surface area contributed by atoms with Crippen molar-refractivity contribution in [1.82, 2.24) is 15.1 Å². The molecule has 0 spiro atoms. The number of rotatable bonds is 6. The maximum absolute atomic E-state index is 13.0. The van der Waals surface area contributed by atoms with Gasteiger partial charge < -0.3 is 15.4 Å². The number of benzene rings is 2. The fourth-order valence-corrected chi connectivity index (χ4v) is 2.87. The SMILES string of the molecule is COc1cn(-c2cccc(C(F)(F)F)c2)nc1C(=O)NCC(=O)Nc1ccc(Br)cc1. The predicted octanol–water partition coefficient (Wildman–Crippen LogP) is 4.03. The standard InChI is InChI=1S/C20H16BrF3N4O3/c1-31-16-11-28(15-4-2-3-12(9-15)20(22,23)24)27-18(16)19(30)25-10-17(29)26-14-7-5-13(21)6-8-14/h2-9,11H,10H2,1H3,(H,25,30)(H,26,29). The molecule has 0 saturated heterocycles. The van der Waals surface area contributed by atoms with Crippen molar-refractivity contribution in [1.29, 1.82) is 0 Å². The normalized spacial score (nSPS) is 11.1. The second-order valence-electron chi connectivity index (χ2n) is 6.28. The highest BCUT2D eigenvalue weighted by Crippen LogP contribution is 2.30. The van der Waals surface area contributed by atoms with Gasteiger partial charge in [0.2, 0.25) is 5.91 Å². The average Bonchev–Trinajstić information content (AvgIpc) is 3.18. The molecule has 3 rings (SSSR count). The smallest absolute Gasteiger partial charge is 0.416 e. The van der Waals surface area contributed by atoms with Crippen LogP contribution in [0.4, 0.5) is 18.9 Å². The molecule has 0 bridgehead atoms. The Hall–Kier alpha value is -3.34. The molecular weight excluding hydrogens is 481 g/mol. The van der Waals surface area contributed by atoms with Gasteiger partial charge in [-0.15, -0.1) is 0 Å². The first-order valence-corrected chi connectivity index (χ1v) is 9.61. The van der Waals surface area contributed by atoms with Gasteiger partial charge in [-0.05, 0) is 42.5 Å². The lowest BCUT2D eigenvalue weighted by molar-refractivity contribution is -0.137. The van der Waals surface area contributed by atoms with Crippen LogP contribution in [-0.4, -0.2) is 35.2 Å². The second kappa shape index (κ2) is 9.21. The maximum atomic E-state index is 13.0. The quantitative estimate of drug-likeness (QED) is 0.539. The zero-order valence-electron chi connectivity index (χ0n) is 16.0. The number of carbonyl (C=O) groups is 2. The Bertz CT molecular complexity index is 1100. The summed E-state index contributed by atoms with van der Waals surface area (Å²) in [5.41, 5.74) is -0.375. The Kier molecular flexibility index (Phi) is 6.64. The molecule has 162 valence electrons. The van der Waals surface area contributed by atoms with Crippen molar-refractivity contribution in [2.24, 2.45) is 0 Å². The largest absolute Gasteiger partial charge is 0.493 e. The molecule has 3 aromatic rings. The van der Waals surface area contributed by atoms with E-state index in [-0.39, 0.29) is 23.7 Å². The first-order valence-electron chi connectivity index (χ1n) is 8.82. The number of anilines is 1. The van der Waals surface area contributed by atoms with Crippen LogP contribution in [0.1, 0.15) is 16.1 Å². The summed E-state index contributed by atoms with van der Waals surface area (Å²) in [6, 6.07) is 11.3. The monoisotopic (exact) mass is 496 g/mol. The Morgan fingerprint density at radius 2 is 1.87 bits per heavy atom. The molecule has 2 aromatic carbocycles. The number of carbonyl (C=O) groups excluding carboxylic acids is 2. The van der Waals surface area contributed by atoms with E-state index in [0.717, 1.165) is 21.3 Å². The summed E-state index contributed by atoms with van der Waals surface area (Å²) in [4.78, 5) is 24.5. The number of amides is 2. The Balaban J connectivity index is 1.71. The molecule has 7 nitrogen and oxygen atoms in total. The molecule has 0 fully saturated rings. The highest BCUT2D eigenvalue weighted by molar-refractivity contribution is 9.10. The third kappa shape index (κ3) is 5.63. The van der Waals surface area contributed by atoms with Crippen LogP contribution in [0.5, 0.6) is 5.75 Å². The minimum absolute atomic E-state index is 0.0447. The van der Waals surface area contributed by atoms with E-state index >= 15 is 0 Å². The Labute approximate surface area is 183 Å². The topological polar surface area (TPSA) is 85.2 Å². The van der Waals surface area contributed by atoms with E-state index in [1.165, 1.54) is 25.4 Å². The minimum Gasteiger partial charge on any atom is -0.493 e. The van der Waals surface area contributed by atoms with Gasteiger partial charge in [-0.25, -0.2) is 4.68 Å². The Morgan fingerprint density at radius 3 is 2.52 bits per heavy atom. The van der Waals surface area contributed by atoms with Crippen molar-refractivity contribution >= 4 is 33.4 Å². The lowest BCUT2D eigenvalue weighted by Crippen LogP contribution is -2.33. The van der Waals surface area contributed by atoms with E-state index in [4.69, 9.17) is 4.74 Å². The van der Waals surface area contributed by atoms with Gasteiger partial charge in [-0.3, -0.25) is 9.59 Å². The number of nitrogens with zero attached hydrogens (tertiary/aromatic N) is 2. The van der Waals surface area contributed by atoms with E-state index in [2.05, 4.69) is 31.7 Å². The fourth-order valence-electron chi connectivity index (χ4n) is 2.60. The molecule has 11 heteroatoms. The van der Waals surface area contributed by atoms with Gasteiger partial charge in [0.1, 0.15) is 0 Å². The highest BCUT2D eigenvalue weighted by atomic mass is 79.9. The van der Waals surface area contributed by atoms with Gasteiger partial charge in [-0.1, -0.05) is 22.0 Å². The molecule has 0 saturated carbocycles. The molecular formula is C20H16BrF3N4O3. The third-order valence-corrected chi connectivity index (χ3v) is 4.62. The number of ether oxygens (including phenoxy) is 1. The molecule has 2 amide bonds. The van der Waals surface area contributed by atoms with Gasteiger partial charge in [0, 0.05) is 10.2 Å². The van der Waals surface area contributed by atoms with Crippen molar-refractivity contribution in [2.45, 2.75) is 6.18 Å². The minimum atomic E-state index is -4.52. The summed E-state index contributed by atoms with van der Waals surface area (Å²) in [5.74, 6) is -1.14. The zero-order valence-corrected chi connectivity index (χ0v) is 17.6. The van der Waals surface area contributed by atoms with E-state index in [1.807, 2.05) is 0 Å².